The second-order valence-electron chi connectivity index (χ2n) is 5.13. The normalized spacial score (nSPS) is 10.8. The maximum absolute atomic E-state index is 12.3. The van der Waals surface area contributed by atoms with E-state index in [0.717, 1.165) is 5.56 Å². The van der Waals surface area contributed by atoms with Crippen LogP contribution in [0.5, 0.6) is 0 Å². The Balaban J connectivity index is 1.70. The molecule has 1 aromatic carbocycles. The Bertz CT molecular complexity index is 873. The van der Waals surface area contributed by atoms with Crippen LogP contribution in [0.2, 0.25) is 5.02 Å². The van der Waals surface area contributed by atoms with Crippen LogP contribution in [0.1, 0.15) is 23.0 Å². The Labute approximate surface area is 152 Å². The zero-order chi connectivity index (χ0) is 17.1. The smallest absolute Gasteiger partial charge is 0.278 e. The van der Waals surface area contributed by atoms with Gasteiger partial charge >= 0.3 is 0 Å². The molecule has 0 saturated heterocycles. The van der Waals surface area contributed by atoms with E-state index < -0.39 is 0 Å². The fourth-order valence-electron chi connectivity index (χ4n) is 2.21. The molecule has 1 amide bonds. The maximum Gasteiger partial charge on any atom is 0.278 e. The molecule has 0 unspecified atom stereocenters. The summed E-state index contributed by atoms with van der Waals surface area (Å²) in [5.41, 5.74) is 1.29. The number of rotatable bonds is 5. The predicted molar refractivity (Wildman–Crippen MR) is 96.3 cm³/mol. The average Bonchev–Trinajstić information content (AvgIpc) is 3.16. The highest BCUT2D eigenvalue weighted by molar-refractivity contribution is 9.10. The topological polar surface area (TPSA) is 64.7 Å². The number of aryl methyl sites for hydroxylation is 1. The number of benzene rings is 1. The van der Waals surface area contributed by atoms with Crippen molar-refractivity contribution in [2.75, 3.05) is 5.32 Å². The molecule has 0 spiro atoms. The lowest BCUT2D eigenvalue weighted by Gasteiger charge is -2.04. The minimum Gasteiger partial charge on any atom is -0.304 e. The van der Waals surface area contributed by atoms with Gasteiger partial charge in [0.15, 0.2) is 11.5 Å². The largest absolute Gasteiger partial charge is 0.304 e. The molecule has 0 aliphatic heterocycles. The number of anilines is 1. The van der Waals surface area contributed by atoms with Gasteiger partial charge in [-0.25, -0.2) is 0 Å². The van der Waals surface area contributed by atoms with E-state index in [1.165, 1.54) is 0 Å². The Morgan fingerprint density at radius 3 is 2.75 bits per heavy atom. The first-order valence-electron chi connectivity index (χ1n) is 7.38. The van der Waals surface area contributed by atoms with Crippen LogP contribution in [0.25, 0.3) is 0 Å². The average molecular weight is 409 g/mol. The van der Waals surface area contributed by atoms with Gasteiger partial charge in [-0.05, 0) is 34.5 Å². The fourth-order valence-corrected chi connectivity index (χ4v) is 2.90. The summed E-state index contributed by atoms with van der Waals surface area (Å²) in [5, 5.41) is 12.0. The van der Waals surface area contributed by atoms with E-state index in [1.807, 2.05) is 31.2 Å². The lowest BCUT2D eigenvalue weighted by molar-refractivity contribution is 0.102. The molecule has 3 aromatic rings. The van der Waals surface area contributed by atoms with Crippen molar-refractivity contribution < 1.29 is 4.79 Å². The monoisotopic (exact) mass is 407 g/mol. The lowest BCUT2D eigenvalue weighted by Crippen LogP contribution is -2.14. The van der Waals surface area contributed by atoms with Crippen LogP contribution < -0.4 is 5.32 Å². The highest BCUT2D eigenvalue weighted by atomic mass is 79.9. The molecule has 6 nitrogen and oxygen atoms in total. The van der Waals surface area contributed by atoms with E-state index in [0.29, 0.717) is 34.1 Å². The van der Waals surface area contributed by atoms with Crippen LogP contribution in [0.4, 0.5) is 5.82 Å². The Hall–Kier alpha value is -2.12. The summed E-state index contributed by atoms with van der Waals surface area (Å²) >= 11 is 9.50. The first-order chi connectivity index (χ1) is 11.6. The molecule has 0 fully saturated rings. The van der Waals surface area contributed by atoms with E-state index in [4.69, 9.17) is 11.6 Å². The van der Waals surface area contributed by atoms with Crippen LogP contribution in [-0.4, -0.2) is 25.5 Å². The standard InChI is InChI=1S/C16H15BrClN5O/c1-2-22-10-12(17)15(21-22)16(24)19-14-7-8-23(20-14)9-11-5-3-4-6-13(11)18/h3-8,10H,2,9H2,1H3,(H,19,20,24). The molecule has 0 saturated carbocycles. The Morgan fingerprint density at radius 2 is 2.04 bits per heavy atom. The second kappa shape index (κ2) is 7.19. The number of nitrogens with zero attached hydrogens (tertiary/aromatic N) is 4. The molecular weight excluding hydrogens is 394 g/mol. The predicted octanol–water partition coefficient (Wildman–Crippen LogP) is 3.82. The highest BCUT2D eigenvalue weighted by Crippen LogP contribution is 2.18. The lowest BCUT2D eigenvalue weighted by atomic mass is 10.2. The summed E-state index contributed by atoms with van der Waals surface area (Å²) in [6, 6.07) is 9.32. The summed E-state index contributed by atoms with van der Waals surface area (Å²) in [5.74, 6) is 0.155. The van der Waals surface area contributed by atoms with E-state index in [2.05, 4.69) is 31.4 Å². The van der Waals surface area contributed by atoms with Crippen molar-refractivity contribution in [1.82, 2.24) is 19.6 Å². The van der Waals surface area contributed by atoms with Gasteiger partial charge in [0, 0.05) is 30.0 Å². The van der Waals surface area contributed by atoms with Gasteiger partial charge in [0.05, 0.1) is 11.0 Å². The quantitative estimate of drug-likeness (QED) is 0.698. The van der Waals surface area contributed by atoms with Crippen LogP contribution >= 0.6 is 27.5 Å². The van der Waals surface area contributed by atoms with Gasteiger partial charge < -0.3 is 5.32 Å². The molecule has 24 heavy (non-hydrogen) atoms. The number of hydrogen-bond donors (Lipinski definition) is 1. The molecule has 2 heterocycles. The summed E-state index contributed by atoms with van der Waals surface area (Å²) < 4.78 is 4.06. The molecule has 0 aliphatic rings. The zero-order valence-corrected chi connectivity index (χ0v) is 15.3. The third kappa shape index (κ3) is 3.68. The number of nitrogens with one attached hydrogen (secondary N) is 1. The van der Waals surface area contributed by atoms with Crippen molar-refractivity contribution in [2.24, 2.45) is 0 Å². The molecule has 124 valence electrons. The first-order valence-corrected chi connectivity index (χ1v) is 8.55. The van der Waals surface area contributed by atoms with Crippen LogP contribution in [0, 0.1) is 0 Å². The first kappa shape index (κ1) is 16.7. The molecular formula is C16H15BrClN5O. The third-order valence-electron chi connectivity index (χ3n) is 3.43. The van der Waals surface area contributed by atoms with Crippen molar-refractivity contribution in [3.05, 3.63) is 63.5 Å². The van der Waals surface area contributed by atoms with Gasteiger partial charge in [-0.15, -0.1) is 0 Å². The summed E-state index contributed by atoms with van der Waals surface area (Å²) in [6.07, 6.45) is 3.56. The zero-order valence-electron chi connectivity index (χ0n) is 12.9. The molecule has 8 heteroatoms. The molecule has 0 atom stereocenters. The van der Waals surface area contributed by atoms with Crippen LogP contribution in [0.3, 0.4) is 0 Å². The minimum atomic E-state index is -0.308. The Kier molecular flexibility index (Phi) is 5.01. The summed E-state index contributed by atoms with van der Waals surface area (Å²) in [4.78, 5) is 12.3. The molecule has 1 N–H and O–H groups in total. The SMILES string of the molecule is CCn1cc(Br)c(C(=O)Nc2ccn(Cc3ccccc3Cl)n2)n1. The van der Waals surface area contributed by atoms with Crippen molar-refractivity contribution in [3.8, 4) is 0 Å². The maximum atomic E-state index is 12.3. The number of carbonyl (C=O) groups is 1. The molecule has 0 radical (unpaired) electrons. The van der Waals surface area contributed by atoms with Gasteiger partial charge in [0.25, 0.3) is 5.91 Å². The fraction of sp³-hybridized carbons (Fsp3) is 0.188. The number of aromatic nitrogens is 4. The van der Waals surface area contributed by atoms with Gasteiger partial charge in [-0.1, -0.05) is 29.8 Å². The van der Waals surface area contributed by atoms with E-state index in [-0.39, 0.29) is 5.91 Å². The van der Waals surface area contributed by atoms with Crippen molar-refractivity contribution in [2.45, 2.75) is 20.0 Å². The number of halogens is 2. The highest BCUT2D eigenvalue weighted by Gasteiger charge is 2.16. The van der Waals surface area contributed by atoms with Crippen LogP contribution in [0.15, 0.2) is 47.2 Å². The third-order valence-corrected chi connectivity index (χ3v) is 4.38. The molecule has 3 rings (SSSR count). The molecule has 2 aromatic heterocycles. The van der Waals surface area contributed by atoms with Gasteiger partial charge in [0.2, 0.25) is 0 Å². The second-order valence-corrected chi connectivity index (χ2v) is 6.39. The van der Waals surface area contributed by atoms with Gasteiger partial charge in [0.1, 0.15) is 0 Å². The van der Waals surface area contributed by atoms with Gasteiger partial charge in [-0.3, -0.25) is 14.2 Å². The van der Waals surface area contributed by atoms with E-state index in [9.17, 15) is 4.79 Å². The Morgan fingerprint density at radius 1 is 1.25 bits per heavy atom. The number of carbonyl (C=O) groups excluding carboxylic acids is 1. The van der Waals surface area contributed by atoms with Crippen LogP contribution in [-0.2, 0) is 13.1 Å². The van der Waals surface area contributed by atoms with Crippen molar-refractivity contribution in [3.63, 3.8) is 0 Å². The number of hydrogen-bond acceptors (Lipinski definition) is 3. The number of amides is 1. The minimum absolute atomic E-state index is 0.308. The van der Waals surface area contributed by atoms with E-state index in [1.54, 1.807) is 27.8 Å². The summed E-state index contributed by atoms with van der Waals surface area (Å²) in [6.45, 7) is 3.18. The van der Waals surface area contributed by atoms with Crippen molar-refractivity contribution in [1.29, 1.82) is 0 Å². The molecule has 0 bridgehead atoms. The summed E-state index contributed by atoms with van der Waals surface area (Å²) in [7, 11) is 0. The molecule has 0 aliphatic carbocycles. The van der Waals surface area contributed by atoms with Crippen molar-refractivity contribution >= 4 is 39.3 Å². The van der Waals surface area contributed by atoms with Gasteiger partial charge in [-0.2, -0.15) is 10.2 Å². The van der Waals surface area contributed by atoms with E-state index >= 15 is 0 Å².